The van der Waals surface area contributed by atoms with Gasteiger partial charge in [-0.1, -0.05) is 66.3 Å². The summed E-state index contributed by atoms with van der Waals surface area (Å²) in [4.78, 5) is 0. The first kappa shape index (κ1) is 10.4. The number of rotatable bonds is 0. The molecule has 0 aromatic heterocycles. The Morgan fingerprint density at radius 1 is 0.800 bits per heavy atom. The molecule has 0 N–H and O–H groups in total. The van der Waals surface area contributed by atoms with Crippen molar-refractivity contribution in [2.45, 2.75) is 12.8 Å². The quantitative estimate of drug-likeness (QED) is 0.605. The lowest BCUT2D eigenvalue weighted by molar-refractivity contribution is 1.29. The highest BCUT2D eigenvalue weighted by Gasteiger charge is 2.33. The Labute approximate surface area is 118 Å². The summed E-state index contributed by atoms with van der Waals surface area (Å²) in [5.41, 5.74) is 11.7. The summed E-state index contributed by atoms with van der Waals surface area (Å²) in [5, 5.41) is 0. The molecule has 0 unspecified atom stereocenters. The molecule has 0 saturated heterocycles. The fraction of sp³-hybridized carbons (Fsp3) is 0.100. The minimum Gasteiger partial charge on any atom is -0.0622 e. The van der Waals surface area contributed by atoms with Gasteiger partial charge < -0.3 is 0 Å². The third kappa shape index (κ3) is 1.31. The first-order valence-corrected chi connectivity index (χ1v) is 7.23. The molecule has 1 aromatic carbocycles. The molecule has 0 fully saturated rings. The standard InChI is InChI=1S/C20H14/c1-2-5-13-9-10-14-11-15-12-19(15)18-8-4-7-17(20(14)18)16(13)6-3-1/h1-10H,11-12H2. The molecule has 4 aliphatic carbocycles. The zero-order chi connectivity index (χ0) is 13.1. The lowest BCUT2D eigenvalue weighted by Crippen LogP contribution is -1.98. The lowest BCUT2D eigenvalue weighted by Gasteiger charge is -2.18. The van der Waals surface area contributed by atoms with Crippen molar-refractivity contribution in [1.29, 1.82) is 0 Å². The summed E-state index contributed by atoms with van der Waals surface area (Å²) in [6.07, 6.45) is 17.8. The molecule has 0 atom stereocenters. The first-order valence-electron chi connectivity index (χ1n) is 7.23. The summed E-state index contributed by atoms with van der Waals surface area (Å²) in [7, 11) is 0. The number of fused-ring (bicyclic) bond motifs is 3. The van der Waals surface area contributed by atoms with Crippen molar-refractivity contribution >= 4 is 16.7 Å². The van der Waals surface area contributed by atoms with Gasteiger partial charge in [0.05, 0.1) is 0 Å². The molecule has 5 rings (SSSR count). The van der Waals surface area contributed by atoms with Crippen LogP contribution in [0.25, 0.3) is 16.7 Å². The molecule has 94 valence electrons. The molecule has 20 heavy (non-hydrogen) atoms. The average molecular weight is 254 g/mol. The maximum absolute atomic E-state index is 2.33. The van der Waals surface area contributed by atoms with Gasteiger partial charge in [-0.15, -0.1) is 0 Å². The van der Waals surface area contributed by atoms with E-state index in [2.05, 4.69) is 60.7 Å². The third-order valence-electron chi connectivity index (χ3n) is 4.63. The molecule has 0 amide bonds. The van der Waals surface area contributed by atoms with E-state index in [9.17, 15) is 0 Å². The minimum absolute atomic E-state index is 1.15. The van der Waals surface area contributed by atoms with Gasteiger partial charge in [0.15, 0.2) is 0 Å². The maximum atomic E-state index is 2.33. The fourth-order valence-electron chi connectivity index (χ4n) is 3.60. The van der Waals surface area contributed by atoms with Gasteiger partial charge in [0, 0.05) is 0 Å². The Morgan fingerprint density at radius 2 is 1.75 bits per heavy atom. The highest BCUT2D eigenvalue weighted by Crippen LogP contribution is 2.54. The van der Waals surface area contributed by atoms with E-state index in [4.69, 9.17) is 0 Å². The van der Waals surface area contributed by atoms with Crippen molar-refractivity contribution < 1.29 is 0 Å². The van der Waals surface area contributed by atoms with Crippen LogP contribution in [0, 0.1) is 0 Å². The number of benzene rings is 1. The van der Waals surface area contributed by atoms with Crippen LogP contribution in [0.15, 0.2) is 71.9 Å². The molecule has 0 saturated carbocycles. The molecular formula is C20H14. The van der Waals surface area contributed by atoms with Crippen molar-refractivity contribution in [3.8, 4) is 0 Å². The van der Waals surface area contributed by atoms with Crippen molar-refractivity contribution in [3.05, 3.63) is 88.6 Å². The monoisotopic (exact) mass is 254 g/mol. The van der Waals surface area contributed by atoms with E-state index in [0.29, 0.717) is 0 Å². The molecule has 1 aromatic rings. The number of hydrogen-bond acceptors (Lipinski definition) is 0. The van der Waals surface area contributed by atoms with Crippen molar-refractivity contribution in [2.75, 3.05) is 0 Å². The zero-order valence-electron chi connectivity index (χ0n) is 11.2. The summed E-state index contributed by atoms with van der Waals surface area (Å²) < 4.78 is 0. The topological polar surface area (TPSA) is 0 Å². The summed E-state index contributed by atoms with van der Waals surface area (Å²) in [6.45, 7) is 0. The Kier molecular flexibility index (Phi) is 1.88. The van der Waals surface area contributed by atoms with Gasteiger partial charge in [-0.25, -0.2) is 0 Å². The molecular weight excluding hydrogens is 240 g/mol. The predicted molar refractivity (Wildman–Crippen MR) is 84.9 cm³/mol. The van der Waals surface area contributed by atoms with E-state index in [1.165, 1.54) is 39.8 Å². The van der Waals surface area contributed by atoms with Gasteiger partial charge in [-0.2, -0.15) is 0 Å². The van der Waals surface area contributed by atoms with Crippen LogP contribution < -0.4 is 0 Å². The van der Waals surface area contributed by atoms with Gasteiger partial charge in [-0.3, -0.25) is 0 Å². The average Bonchev–Trinajstić information content (AvgIpc) is 3.27. The second kappa shape index (κ2) is 3.61. The van der Waals surface area contributed by atoms with Crippen LogP contribution in [0.3, 0.4) is 0 Å². The number of allylic oxidation sites excluding steroid dienone is 12. The first-order chi connectivity index (χ1) is 9.92. The van der Waals surface area contributed by atoms with E-state index in [-0.39, 0.29) is 0 Å². The summed E-state index contributed by atoms with van der Waals surface area (Å²) >= 11 is 0. The van der Waals surface area contributed by atoms with Crippen molar-refractivity contribution in [3.63, 3.8) is 0 Å². The Bertz CT molecular complexity index is 833. The predicted octanol–water partition coefficient (Wildman–Crippen LogP) is 5.08. The molecule has 0 spiro atoms. The van der Waals surface area contributed by atoms with Crippen LogP contribution in [-0.2, 0) is 0 Å². The molecule has 0 heteroatoms. The van der Waals surface area contributed by atoms with E-state index >= 15 is 0 Å². The smallest absolute Gasteiger partial charge is 0.00512 e. The fourth-order valence-corrected chi connectivity index (χ4v) is 3.60. The third-order valence-corrected chi connectivity index (χ3v) is 4.63. The van der Waals surface area contributed by atoms with E-state index in [1.54, 1.807) is 11.1 Å². The van der Waals surface area contributed by atoms with Gasteiger partial charge in [-0.05, 0) is 51.8 Å². The van der Waals surface area contributed by atoms with Gasteiger partial charge >= 0.3 is 0 Å². The molecule has 0 radical (unpaired) electrons. The SMILES string of the molecule is C1=CC=C2C(=CC=C3CC4=C(C4)c4cccc2c43)C=C1. The van der Waals surface area contributed by atoms with Crippen LogP contribution in [0.4, 0.5) is 0 Å². The van der Waals surface area contributed by atoms with E-state index < -0.39 is 0 Å². The van der Waals surface area contributed by atoms with Gasteiger partial charge in [0.2, 0.25) is 0 Å². The van der Waals surface area contributed by atoms with E-state index in [0.717, 1.165) is 6.42 Å². The van der Waals surface area contributed by atoms with Crippen LogP contribution in [0.1, 0.15) is 29.5 Å². The number of hydrogen-bond donors (Lipinski definition) is 0. The van der Waals surface area contributed by atoms with Gasteiger partial charge in [0.25, 0.3) is 0 Å². The zero-order valence-corrected chi connectivity index (χ0v) is 11.2. The summed E-state index contributed by atoms with van der Waals surface area (Å²) in [6, 6.07) is 6.78. The van der Waals surface area contributed by atoms with Crippen molar-refractivity contribution in [1.82, 2.24) is 0 Å². The highest BCUT2D eigenvalue weighted by atomic mass is 14.4. The maximum Gasteiger partial charge on any atom is -0.00512 e. The van der Waals surface area contributed by atoms with Crippen LogP contribution in [0.5, 0.6) is 0 Å². The summed E-state index contributed by atoms with van der Waals surface area (Å²) in [5.74, 6) is 0. The molecule has 0 heterocycles. The van der Waals surface area contributed by atoms with Crippen molar-refractivity contribution in [2.24, 2.45) is 0 Å². The van der Waals surface area contributed by atoms with Gasteiger partial charge in [0.1, 0.15) is 0 Å². The molecule has 0 bridgehead atoms. The Balaban J connectivity index is 1.87. The Hall–Kier alpha value is -2.34. The van der Waals surface area contributed by atoms with Crippen LogP contribution in [0.2, 0.25) is 0 Å². The Morgan fingerprint density at radius 3 is 2.75 bits per heavy atom. The minimum atomic E-state index is 1.15. The second-order valence-corrected chi connectivity index (χ2v) is 5.80. The van der Waals surface area contributed by atoms with Crippen LogP contribution >= 0.6 is 0 Å². The molecule has 4 aliphatic rings. The highest BCUT2D eigenvalue weighted by molar-refractivity contribution is 6.02. The second-order valence-electron chi connectivity index (χ2n) is 5.80. The van der Waals surface area contributed by atoms with E-state index in [1.807, 2.05) is 0 Å². The molecule has 0 nitrogen and oxygen atoms in total. The largest absolute Gasteiger partial charge is 0.0622 e. The van der Waals surface area contributed by atoms with Crippen LogP contribution in [-0.4, -0.2) is 0 Å². The lowest BCUT2D eigenvalue weighted by atomic mass is 9.85. The molecule has 0 aliphatic heterocycles. The normalized spacial score (nSPS) is 20.9.